The molecule has 24 heavy (non-hydrogen) atoms. The smallest absolute Gasteiger partial charge is 0.254 e. The number of Topliss-reactive ketones (excluding diaryl/α,β-unsaturated/α-hetero) is 1. The van der Waals surface area contributed by atoms with Crippen LogP contribution in [0.4, 0.5) is 0 Å². The number of imide groups is 1. The third kappa shape index (κ3) is 3.04. The maximum Gasteiger partial charge on any atom is 0.254 e. The van der Waals surface area contributed by atoms with Gasteiger partial charge in [-0.05, 0) is 38.3 Å². The van der Waals surface area contributed by atoms with E-state index in [0.29, 0.717) is 13.1 Å². The maximum absolute atomic E-state index is 12.1. The molecule has 5 nitrogen and oxygen atoms in total. The van der Waals surface area contributed by atoms with Crippen LogP contribution < -0.4 is 0 Å². The Balaban J connectivity index is 1.48. The van der Waals surface area contributed by atoms with Crippen LogP contribution in [0, 0.1) is 0 Å². The number of amides is 2. The van der Waals surface area contributed by atoms with Crippen molar-refractivity contribution < 1.29 is 14.4 Å². The first kappa shape index (κ1) is 16.6. The Morgan fingerprint density at radius 1 is 1.04 bits per heavy atom. The number of carbonyl (C=O) groups excluding carboxylic acids is 3. The number of aryl methyl sites for hydroxylation is 1. The highest BCUT2D eigenvalue weighted by Crippen LogP contribution is 2.31. The van der Waals surface area contributed by atoms with Crippen molar-refractivity contribution in [2.45, 2.75) is 31.7 Å². The topological polar surface area (TPSA) is 57.7 Å². The monoisotopic (exact) mass is 326 g/mol. The Labute approximate surface area is 141 Å². The normalized spacial score (nSPS) is 19.6. The van der Waals surface area contributed by atoms with Crippen LogP contribution in [0.15, 0.2) is 42.5 Å². The van der Waals surface area contributed by atoms with Crippen molar-refractivity contribution in [3.63, 3.8) is 0 Å². The number of unbranched alkanes of at least 4 members (excludes halogenated alkanes) is 1. The van der Waals surface area contributed by atoms with Crippen molar-refractivity contribution in [2.24, 2.45) is 0 Å². The minimum absolute atomic E-state index is 0.117. The van der Waals surface area contributed by atoms with E-state index in [1.165, 1.54) is 24.6 Å². The molecule has 2 aliphatic rings. The van der Waals surface area contributed by atoms with E-state index in [1.54, 1.807) is 0 Å². The van der Waals surface area contributed by atoms with Gasteiger partial charge in [-0.15, -0.1) is 0 Å². The van der Waals surface area contributed by atoms with Crippen LogP contribution in [0.5, 0.6) is 0 Å². The van der Waals surface area contributed by atoms with Crippen LogP contribution in [-0.2, 0) is 20.8 Å². The number of likely N-dealkylation sites (tertiary alicyclic amines) is 1. The molecular formula is C19H22N2O3. The molecule has 0 unspecified atom stereocenters. The SMILES string of the molecule is CC(=O)C1(N2C(=O)C=CC2=O)CN(CCCCc2ccccc2)C1. The lowest BCUT2D eigenvalue weighted by molar-refractivity contribution is -0.161. The summed E-state index contributed by atoms with van der Waals surface area (Å²) in [7, 11) is 0. The second kappa shape index (κ2) is 6.69. The Kier molecular flexibility index (Phi) is 4.62. The van der Waals surface area contributed by atoms with Crippen molar-refractivity contribution in [3.8, 4) is 0 Å². The zero-order valence-corrected chi connectivity index (χ0v) is 13.9. The van der Waals surface area contributed by atoms with Crippen molar-refractivity contribution in [1.29, 1.82) is 0 Å². The van der Waals surface area contributed by atoms with Gasteiger partial charge in [0.05, 0.1) is 0 Å². The van der Waals surface area contributed by atoms with Gasteiger partial charge in [0.1, 0.15) is 5.54 Å². The summed E-state index contributed by atoms with van der Waals surface area (Å²) in [4.78, 5) is 39.2. The fourth-order valence-electron chi connectivity index (χ4n) is 3.50. The molecule has 0 N–H and O–H groups in total. The zero-order valence-electron chi connectivity index (χ0n) is 13.9. The third-order valence-electron chi connectivity index (χ3n) is 4.90. The number of ketones is 1. The van der Waals surface area contributed by atoms with Crippen LogP contribution in [0.3, 0.4) is 0 Å². The molecule has 0 saturated carbocycles. The summed E-state index contributed by atoms with van der Waals surface area (Å²) in [6.07, 6.45) is 5.64. The average Bonchev–Trinajstić information content (AvgIpc) is 2.86. The molecule has 0 radical (unpaired) electrons. The van der Waals surface area contributed by atoms with E-state index in [0.717, 1.165) is 30.7 Å². The Morgan fingerprint density at radius 2 is 1.67 bits per heavy atom. The molecule has 0 spiro atoms. The van der Waals surface area contributed by atoms with Gasteiger partial charge in [-0.3, -0.25) is 24.2 Å². The quantitative estimate of drug-likeness (QED) is 0.564. The molecule has 2 amide bonds. The molecule has 5 heteroatoms. The summed E-state index contributed by atoms with van der Waals surface area (Å²) in [6.45, 7) is 3.25. The van der Waals surface area contributed by atoms with Gasteiger partial charge in [0.2, 0.25) is 0 Å². The molecule has 1 aromatic rings. The Hall–Kier alpha value is -2.27. The van der Waals surface area contributed by atoms with E-state index < -0.39 is 5.54 Å². The number of nitrogens with zero attached hydrogens (tertiary/aromatic N) is 2. The maximum atomic E-state index is 12.1. The fourth-order valence-corrected chi connectivity index (χ4v) is 3.50. The lowest BCUT2D eigenvalue weighted by Gasteiger charge is -2.52. The van der Waals surface area contributed by atoms with E-state index in [1.807, 2.05) is 18.2 Å². The van der Waals surface area contributed by atoms with Crippen molar-refractivity contribution in [2.75, 3.05) is 19.6 Å². The van der Waals surface area contributed by atoms with Crippen molar-refractivity contribution in [3.05, 3.63) is 48.0 Å². The van der Waals surface area contributed by atoms with Crippen molar-refractivity contribution >= 4 is 17.6 Å². The zero-order chi connectivity index (χ0) is 17.2. The molecule has 0 aliphatic carbocycles. The molecule has 0 atom stereocenters. The van der Waals surface area contributed by atoms with Crippen molar-refractivity contribution in [1.82, 2.24) is 9.80 Å². The first-order valence-electron chi connectivity index (χ1n) is 8.36. The fraction of sp³-hybridized carbons (Fsp3) is 0.421. The summed E-state index contributed by atoms with van der Waals surface area (Å²) in [6, 6.07) is 10.4. The lowest BCUT2D eigenvalue weighted by atomic mass is 9.83. The minimum atomic E-state index is -0.961. The highest BCUT2D eigenvalue weighted by Gasteiger charge is 2.55. The third-order valence-corrected chi connectivity index (χ3v) is 4.90. The second-order valence-electron chi connectivity index (χ2n) is 6.59. The number of carbonyl (C=O) groups is 3. The van der Waals surface area contributed by atoms with E-state index in [-0.39, 0.29) is 17.6 Å². The summed E-state index contributed by atoms with van der Waals surface area (Å²) in [5, 5.41) is 0. The van der Waals surface area contributed by atoms with Gasteiger partial charge in [0.15, 0.2) is 5.78 Å². The highest BCUT2D eigenvalue weighted by atomic mass is 16.2. The van der Waals surface area contributed by atoms with Gasteiger partial charge in [-0.25, -0.2) is 0 Å². The van der Waals surface area contributed by atoms with E-state index in [2.05, 4.69) is 17.0 Å². The predicted molar refractivity (Wildman–Crippen MR) is 90.2 cm³/mol. The summed E-state index contributed by atoms with van der Waals surface area (Å²) >= 11 is 0. The highest BCUT2D eigenvalue weighted by molar-refractivity contribution is 6.16. The standard InChI is InChI=1S/C19H22N2O3/c1-15(22)19(21-17(23)10-11-18(21)24)13-20(14-19)12-6-5-9-16-7-3-2-4-8-16/h2-4,7-8,10-11H,5-6,9,12-14H2,1H3. The molecule has 1 aromatic carbocycles. The van der Waals surface area contributed by atoms with E-state index in [4.69, 9.17) is 0 Å². The van der Waals surface area contributed by atoms with Crippen LogP contribution in [0.25, 0.3) is 0 Å². The largest absolute Gasteiger partial charge is 0.298 e. The lowest BCUT2D eigenvalue weighted by Crippen LogP contribution is -2.74. The summed E-state index contributed by atoms with van der Waals surface area (Å²) in [5.74, 6) is -0.869. The molecule has 0 bridgehead atoms. The van der Waals surface area contributed by atoms with Crippen LogP contribution in [0.1, 0.15) is 25.3 Å². The molecule has 1 saturated heterocycles. The van der Waals surface area contributed by atoms with E-state index in [9.17, 15) is 14.4 Å². The number of rotatable bonds is 7. The Morgan fingerprint density at radius 3 is 2.25 bits per heavy atom. The molecule has 2 aliphatic heterocycles. The van der Waals surface area contributed by atoms with Gasteiger partial charge >= 0.3 is 0 Å². The van der Waals surface area contributed by atoms with Gasteiger partial charge < -0.3 is 0 Å². The molecule has 126 valence electrons. The molecule has 1 fully saturated rings. The van der Waals surface area contributed by atoms with Crippen LogP contribution >= 0.6 is 0 Å². The predicted octanol–water partition coefficient (Wildman–Crippen LogP) is 1.58. The summed E-state index contributed by atoms with van der Waals surface area (Å²) < 4.78 is 0. The molecule has 0 aromatic heterocycles. The first-order chi connectivity index (χ1) is 11.5. The van der Waals surface area contributed by atoms with Crippen LogP contribution in [-0.4, -0.2) is 52.6 Å². The van der Waals surface area contributed by atoms with Gasteiger partial charge in [-0.1, -0.05) is 30.3 Å². The average molecular weight is 326 g/mol. The van der Waals surface area contributed by atoms with Gasteiger partial charge in [-0.2, -0.15) is 0 Å². The van der Waals surface area contributed by atoms with Gasteiger partial charge in [0, 0.05) is 25.2 Å². The summed E-state index contributed by atoms with van der Waals surface area (Å²) in [5.41, 5.74) is 0.371. The minimum Gasteiger partial charge on any atom is -0.298 e. The van der Waals surface area contributed by atoms with Gasteiger partial charge in [0.25, 0.3) is 11.8 Å². The first-order valence-corrected chi connectivity index (χ1v) is 8.36. The Bertz CT molecular complexity index is 657. The number of hydrogen-bond acceptors (Lipinski definition) is 4. The van der Waals surface area contributed by atoms with E-state index >= 15 is 0 Å². The molecule has 2 heterocycles. The second-order valence-corrected chi connectivity index (χ2v) is 6.59. The number of hydrogen-bond donors (Lipinski definition) is 0. The van der Waals surface area contributed by atoms with Crippen LogP contribution in [0.2, 0.25) is 0 Å². The molecular weight excluding hydrogens is 304 g/mol. The molecule has 3 rings (SSSR count). The number of benzene rings is 1.